The monoisotopic (exact) mass is 469 g/mol. The first-order valence-electron chi connectivity index (χ1n) is 9.30. The first kappa shape index (κ1) is 20.2. The van der Waals surface area contributed by atoms with Crippen LogP contribution in [0.1, 0.15) is 21.9 Å². The van der Waals surface area contributed by atoms with Crippen LogP contribution in [0.4, 0.5) is 4.39 Å². The summed E-state index contributed by atoms with van der Waals surface area (Å²) in [5.41, 5.74) is -0.00791. The third kappa shape index (κ3) is 3.05. The molecule has 5 rings (SSSR count). The highest BCUT2D eigenvalue weighted by atomic mass is 35.5. The molecule has 2 N–H and O–H groups in total. The molecule has 0 aliphatic rings. The van der Waals surface area contributed by atoms with Crippen molar-refractivity contribution in [1.82, 2.24) is 14.5 Å². The zero-order chi connectivity index (χ0) is 22.6. The Morgan fingerprint density at radius 1 is 1.22 bits per heavy atom. The summed E-state index contributed by atoms with van der Waals surface area (Å²) in [7, 11) is 0. The number of halogens is 2. The van der Waals surface area contributed by atoms with Gasteiger partial charge in [-0.05, 0) is 37.3 Å². The van der Waals surface area contributed by atoms with E-state index in [1.807, 2.05) is 0 Å². The molecule has 32 heavy (non-hydrogen) atoms. The summed E-state index contributed by atoms with van der Waals surface area (Å²) in [4.78, 5) is 21.5. The molecule has 0 radical (unpaired) electrons. The number of aryl methyl sites for hydroxylation is 1. The average Bonchev–Trinajstić information content (AvgIpc) is 3.46. The van der Waals surface area contributed by atoms with E-state index in [1.165, 1.54) is 18.3 Å². The molecule has 0 spiro atoms. The van der Waals surface area contributed by atoms with E-state index in [-0.39, 0.29) is 27.7 Å². The number of fused-ring (bicyclic) bond motifs is 1. The molecule has 0 fully saturated rings. The molecule has 4 heterocycles. The fourth-order valence-electron chi connectivity index (χ4n) is 3.45. The molecule has 0 aliphatic heterocycles. The summed E-state index contributed by atoms with van der Waals surface area (Å²) in [6.07, 6.45) is 2.31. The van der Waals surface area contributed by atoms with Gasteiger partial charge in [-0.3, -0.25) is 14.3 Å². The van der Waals surface area contributed by atoms with Gasteiger partial charge in [-0.1, -0.05) is 29.0 Å². The Bertz CT molecular complexity index is 1520. The summed E-state index contributed by atoms with van der Waals surface area (Å²) >= 11 is 7.39. The summed E-state index contributed by atoms with van der Waals surface area (Å²) in [5, 5.41) is 22.2. The topological polar surface area (TPSA) is 101 Å². The molecule has 0 amide bonds. The molecule has 5 aromatic rings. The summed E-state index contributed by atoms with van der Waals surface area (Å²) in [5.74, 6) is -2.46. The minimum absolute atomic E-state index is 0.0624. The lowest BCUT2D eigenvalue weighted by molar-refractivity contribution is 0.101. The number of pyridine rings is 1. The molecule has 0 aliphatic carbocycles. The van der Waals surface area contributed by atoms with Crippen LogP contribution < -0.4 is 0 Å². The number of para-hydroxylation sites is 1. The van der Waals surface area contributed by atoms with Gasteiger partial charge in [0.15, 0.2) is 22.5 Å². The van der Waals surface area contributed by atoms with Crippen LogP contribution in [0.2, 0.25) is 5.02 Å². The van der Waals surface area contributed by atoms with E-state index in [4.69, 9.17) is 16.0 Å². The third-order valence-corrected chi connectivity index (χ3v) is 6.20. The van der Waals surface area contributed by atoms with Gasteiger partial charge in [0.25, 0.3) is 0 Å². The lowest BCUT2D eigenvalue weighted by atomic mass is 10.0. The van der Waals surface area contributed by atoms with Crippen LogP contribution in [0, 0.1) is 12.7 Å². The Morgan fingerprint density at radius 3 is 2.72 bits per heavy atom. The number of hydrogen-bond donors (Lipinski definition) is 2. The van der Waals surface area contributed by atoms with Crippen LogP contribution in [0.25, 0.3) is 26.6 Å². The summed E-state index contributed by atoms with van der Waals surface area (Å²) < 4.78 is 22.1. The molecule has 0 saturated heterocycles. The van der Waals surface area contributed by atoms with Gasteiger partial charge in [0.05, 0.1) is 27.2 Å². The lowest BCUT2D eigenvalue weighted by Gasteiger charge is -2.09. The minimum Gasteiger partial charge on any atom is -0.503 e. The number of furan rings is 1. The fourth-order valence-corrected chi connectivity index (χ4v) is 4.72. The second-order valence-electron chi connectivity index (χ2n) is 6.91. The maximum atomic E-state index is 14.8. The Kier molecular flexibility index (Phi) is 4.72. The first-order valence-corrected chi connectivity index (χ1v) is 10.5. The maximum absolute atomic E-state index is 14.8. The predicted molar refractivity (Wildman–Crippen MR) is 117 cm³/mol. The zero-order valence-electron chi connectivity index (χ0n) is 16.3. The van der Waals surface area contributed by atoms with Crippen molar-refractivity contribution in [2.45, 2.75) is 6.92 Å². The van der Waals surface area contributed by atoms with Crippen molar-refractivity contribution in [2.75, 3.05) is 0 Å². The first-order chi connectivity index (χ1) is 15.4. The second-order valence-corrected chi connectivity index (χ2v) is 8.33. The van der Waals surface area contributed by atoms with Gasteiger partial charge >= 0.3 is 0 Å². The van der Waals surface area contributed by atoms with E-state index in [0.717, 1.165) is 22.1 Å². The largest absolute Gasteiger partial charge is 0.503 e. The highest BCUT2D eigenvalue weighted by Crippen LogP contribution is 2.46. The number of aromatic hydroxyl groups is 2. The standard InChI is InChI=1S/C22H13ClFN3O4S/c1-10-5-6-14(31-10)19(28)16-18(11-7-8-25-9-13(11)24)27(21(30)20(16)29)22-26-17-12(23)3-2-4-15(17)32-22/h2-9,29-30H,1H3. The van der Waals surface area contributed by atoms with Gasteiger partial charge in [-0.2, -0.15) is 0 Å². The van der Waals surface area contributed by atoms with E-state index in [1.54, 1.807) is 31.2 Å². The number of carbonyl (C=O) groups excluding carboxylic acids is 1. The van der Waals surface area contributed by atoms with Gasteiger partial charge in [-0.15, -0.1) is 0 Å². The molecule has 0 atom stereocenters. The van der Waals surface area contributed by atoms with Crippen molar-refractivity contribution in [3.05, 3.63) is 76.7 Å². The minimum atomic E-state index is -0.755. The van der Waals surface area contributed by atoms with Crippen LogP contribution in [-0.4, -0.2) is 30.5 Å². The van der Waals surface area contributed by atoms with Gasteiger partial charge in [0, 0.05) is 11.8 Å². The predicted octanol–water partition coefficient (Wildman–Crippen LogP) is 5.49. The summed E-state index contributed by atoms with van der Waals surface area (Å²) in [6.45, 7) is 1.66. The number of benzene rings is 1. The number of aromatic nitrogens is 3. The third-order valence-electron chi connectivity index (χ3n) is 4.89. The Morgan fingerprint density at radius 2 is 2.03 bits per heavy atom. The molecule has 0 bridgehead atoms. The van der Waals surface area contributed by atoms with Crippen molar-refractivity contribution < 1.29 is 23.8 Å². The summed E-state index contributed by atoms with van der Waals surface area (Å²) in [6, 6.07) is 9.56. The van der Waals surface area contributed by atoms with E-state index >= 15 is 0 Å². The van der Waals surface area contributed by atoms with Gasteiger partial charge in [0.2, 0.25) is 11.7 Å². The van der Waals surface area contributed by atoms with Crippen molar-refractivity contribution >= 4 is 38.9 Å². The molecular formula is C22H13ClFN3O4S. The van der Waals surface area contributed by atoms with E-state index in [9.17, 15) is 19.4 Å². The van der Waals surface area contributed by atoms with Crippen LogP contribution in [-0.2, 0) is 0 Å². The number of thiazole rings is 1. The lowest BCUT2D eigenvalue weighted by Crippen LogP contribution is -2.05. The molecule has 0 saturated carbocycles. The zero-order valence-corrected chi connectivity index (χ0v) is 17.9. The maximum Gasteiger partial charge on any atom is 0.242 e. The van der Waals surface area contributed by atoms with Crippen molar-refractivity contribution in [2.24, 2.45) is 0 Å². The van der Waals surface area contributed by atoms with Crippen molar-refractivity contribution in [3.63, 3.8) is 0 Å². The van der Waals surface area contributed by atoms with Crippen LogP contribution in [0.5, 0.6) is 11.6 Å². The number of hydrogen-bond acceptors (Lipinski definition) is 7. The Labute approximate surface area is 189 Å². The normalized spacial score (nSPS) is 11.3. The quantitative estimate of drug-likeness (QED) is 0.338. The van der Waals surface area contributed by atoms with Gasteiger partial charge < -0.3 is 14.6 Å². The van der Waals surface area contributed by atoms with Crippen molar-refractivity contribution in [3.8, 4) is 28.0 Å². The number of carbonyl (C=O) groups is 1. The average molecular weight is 470 g/mol. The van der Waals surface area contributed by atoms with Gasteiger partial charge in [-0.25, -0.2) is 9.37 Å². The van der Waals surface area contributed by atoms with E-state index < -0.39 is 23.2 Å². The molecule has 1 aromatic carbocycles. The second kappa shape index (κ2) is 7.47. The van der Waals surface area contributed by atoms with Gasteiger partial charge in [0.1, 0.15) is 11.3 Å². The number of ketones is 1. The molecule has 4 aromatic heterocycles. The SMILES string of the molecule is Cc1ccc(C(=O)c2c(O)c(O)n(-c3nc4c(Cl)cccc4s3)c2-c2ccncc2F)o1. The van der Waals surface area contributed by atoms with E-state index in [0.29, 0.717) is 21.0 Å². The smallest absolute Gasteiger partial charge is 0.242 e. The molecule has 10 heteroatoms. The van der Waals surface area contributed by atoms with Crippen LogP contribution in [0.3, 0.4) is 0 Å². The van der Waals surface area contributed by atoms with E-state index in [2.05, 4.69) is 9.97 Å². The van der Waals surface area contributed by atoms with Crippen LogP contribution >= 0.6 is 22.9 Å². The highest BCUT2D eigenvalue weighted by molar-refractivity contribution is 7.21. The molecule has 160 valence electrons. The van der Waals surface area contributed by atoms with Crippen molar-refractivity contribution in [1.29, 1.82) is 0 Å². The Hall–Kier alpha value is -3.69. The highest BCUT2D eigenvalue weighted by Gasteiger charge is 2.33. The Balaban J connectivity index is 1.85. The fraction of sp³-hybridized carbons (Fsp3) is 0.0455. The molecule has 0 unspecified atom stereocenters. The number of nitrogens with zero attached hydrogens (tertiary/aromatic N) is 3. The molecule has 7 nitrogen and oxygen atoms in total. The number of rotatable bonds is 4. The molecular weight excluding hydrogens is 457 g/mol. The van der Waals surface area contributed by atoms with Crippen LogP contribution in [0.15, 0.2) is 53.2 Å².